The van der Waals surface area contributed by atoms with Gasteiger partial charge in [-0.3, -0.25) is 0 Å². The fourth-order valence-electron chi connectivity index (χ4n) is 3.74. The molecule has 0 N–H and O–H groups in total. The Kier molecular flexibility index (Phi) is 9.26. The van der Waals surface area contributed by atoms with E-state index in [1.165, 1.54) is 0 Å². The average Bonchev–Trinajstić information content (AvgIpc) is 3.27. The van der Waals surface area contributed by atoms with Crippen LogP contribution in [0.5, 0.6) is 0 Å². The smallest absolute Gasteiger partial charge is 0.338 e. The first-order valence-corrected chi connectivity index (χ1v) is 12.2. The standard InChI is InChI=1S/C28H25ClO8/c29-16-17-33-28-24(37-27(32)21-14-8-3-9-15-21)23(36-26(31)20-12-6-2-7-13-20)22(35-28)18-34-25(30)19-10-4-1-5-11-19/h1-15,22-24,28H,16-18H2/t22-,23-,24+,28+/m1/s1. The molecule has 8 nitrogen and oxygen atoms in total. The molecule has 4 atom stereocenters. The van der Waals surface area contributed by atoms with Gasteiger partial charge in [-0.05, 0) is 36.4 Å². The highest BCUT2D eigenvalue weighted by Gasteiger charge is 2.51. The molecule has 0 spiro atoms. The topological polar surface area (TPSA) is 97.4 Å². The number of rotatable bonds is 10. The molecule has 0 unspecified atom stereocenters. The number of hydrogen-bond acceptors (Lipinski definition) is 8. The maximum atomic E-state index is 12.9. The molecule has 0 aliphatic carbocycles. The summed E-state index contributed by atoms with van der Waals surface area (Å²) in [5.74, 6) is -1.74. The summed E-state index contributed by atoms with van der Waals surface area (Å²) in [6, 6.07) is 25.1. The Hall–Kier alpha value is -3.72. The van der Waals surface area contributed by atoms with Crippen molar-refractivity contribution in [1.82, 2.24) is 0 Å². The van der Waals surface area contributed by atoms with Crippen molar-refractivity contribution in [2.75, 3.05) is 19.1 Å². The number of alkyl halides is 1. The van der Waals surface area contributed by atoms with E-state index >= 15 is 0 Å². The van der Waals surface area contributed by atoms with Crippen LogP contribution < -0.4 is 0 Å². The maximum Gasteiger partial charge on any atom is 0.338 e. The fourth-order valence-corrected chi connectivity index (χ4v) is 3.82. The molecule has 1 aliphatic heterocycles. The van der Waals surface area contributed by atoms with Crippen LogP contribution in [-0.4, -0.2) is 61.6 Å². The normalized spacial score (nSPS) is 20.7. The zero-order valence-corrected chi connectivity index (χ0v) is 20.5. The quantitative estimate of drug-likeness (QED) is 0.220. The molecule has 3 aromatic carbocycles. The van der Waals surface area contributed by atoms with Crippen molar-refractivity contribution in [2.24, 2.45) is 0 Å². The van der Waals surface area contributed by atoms with E-state index in [0.717, 1.165) is 0 Å². The lowest BCUT2D eigenvalue weighted by atomic mass is 10.1. The molecule has 1 fully saturated rings. The molecule has 0 amide bonds. The predicted octanol–water partition coefficient (Wildman–Crippen LogP) is 4.27. The van der Waals surface area contributed by atoms with E-state index in [4.69, 9.17) is 35.3 Å². The summed E-state index contributed by atoms with van der Waals surface area (Å²) in [6.45, 7) is -0.192. The third kappa shape index (κ3) is 6.95. The Morgan fingerprint density at radius 3 is 1.62 bits per heavy atom. The largest absolute Gasteiger partial charge is 0.459 e. The molecule has 37 heavy (non-hydrogen) atoms. The first-order valence-electron chi connectivity index (χ1n) is 11.6. The second-order valence-corrected chi connectivity index (χ2v) is 8.42. The Morgan fingerprint density at radius 1 is 0.676 bits per heavy atom. The van der Waals surface area contributed by atoms with Crippen molar-refractivity contribution in [1.29, 1.82) is 0 Å². The van der Waals surface area contributed by atoms with Gasteiger partial charge in [0.05, 0.1) is 23.3 Å². The number of carbonyl (C=O) groups is 3. The van der Waals surface area contributed by atoms with Crippen LogP contribution in [0.1, 0.15) is 31.1 Å². The van der Waals surface area contributed by atoms with Crippen molar-refractivity contribution in [3.05, 3.63) is 108 Å². The number of ether oxygens (including phenoxy) is 5. The molecule has 192 valence electrons. The SMILES string of the molecule is O=C(OC[C@H]1O[C@H](OCCCl)[C@@H](OC(=O)c2ccccc2)[C@@H]1OC(=O)c1ccccc1)c1ccccc1. The minimum atomic E-state index is -1.15. The van der Waals surface area contributed by atoms with Gasteiger partial charge in [-0.1, -0.05) is 54.6 Å². The summed E-state index contributed by atoms with van der Waals surface area (Å²) >= 11 is 5.79. The minimum Gasteiger partial charge on any atom is -0.459 e. The van der Waals surface area contributed by atoms with E-state index in [1.54, 1.807) is 91.0 Å². The van der Waals surface area contributed by atoms with Crippen LogP contribution in [0.25, 0.3) is 0 Å². The highest BCUT2D eigenvalue weighted by Crippen LogP contribution is 2.30. The molecule has 1 heterocycles. The molecule has 9 heteroatoms. The maximum absolute atomic E-state index is 12.9. The second kappa shape index (κ2) is 13.0. The Balaban J connectivity index is 1.57. The van der Waals surface area contributed by atoms with Gasteiger partial charge in [-0.2, -0.15) is 0 Å². The van der Waals surface area contributed by atoms with E-state index in [-0.39, 0.29) is 19.1 Å². The Labute approximate surface area is 219 Å². The van der Waals surface area contributed by atoms with Crippen molar-refractivity contribution in [3.8, 4) is 0 Å². The molecular formula is C28H25ClO8. The minimum absolute atomic E-state index is 0.0848. The lowest BCUT2D eigenvalue weighted by Gasteiger charge is -2.24. The first kappa shape index (κ1) is 26.3. The number of esters is 3. The van der Waals surface area contributed by atoms with Gasteiger partial charge in [0.2, 0.25) is 0 Å². The molecular weight excluding hydrogens is 500 g/mol. The zero-order valence-electron chi connectivity index (χ0n) is 19.7. The van der Waals surface area contributed by atoms with E-state index in [9.17, 15) is 14.4 Å². The van der Waals surface area contributed by atoms with Crippen LogP contribution in [0.3, 0.4) is 0 Å². The molecule has 0 radical (unpaired) electrons. The monoisotopic (exact) mass is 524 g/mol. The number of hydrogen-bond donors (Lipinski definition) is 0. The molecule has 1 aliphatic rings. The summed E-state index contributed by atoms with van der Waals surface area (Å²) < 4.78 is 28.5. The fraction of sp³-hybridized carbons (Fsp3) is 0.250. The highest BCUT2D eigenvalue weighted by atomic mass is 35.5. The van der Waals surface area contributed by atoms with E-state index in [1.807, 2.05) is 0 Å². The molecule has 4 rings (SSSR count). The van der Waals surface area contributed by atoms with Crippen LogP contribution >= 0.6 is 11.6 Å². The lowest BCUT2D eigenvalue weighted by molar-refractivity contribution is -0.167. The Bertz CT molecular complexity index is 1170. The highest BCUT2D eigenvalue weighted by molar-refractivity contribution is 6.17. The molecule has 0 saturated carbocycles. The van der Waals surface area contributed by atoms with Crippen LogP contribution in [0.15, 0.2) is 91.0 Å². The van der Waals surface area contributed by atoms with Crippen molar-refractivity contribution in [3.63, 3.8) is 0 Å². The van der Waals surface area contributed by atoms with Gasteiger partial charge in [-0.15, -0.1) is 11.6 Å². The molecule has 3 aromatic rings. The van der Waals surface area contributed by atoms with E-state index in [0.29, 0.717) is 16.7 Å². The van der Waals surface area contributed by atoms with Crippen LogP contribution in [-0.2, 0) is 23.7 Å². The summed E-state index contributed by atoms with van der Waals surface area (Å²) in [6.07, 6.45) is -4.37. The third-order valence-corrected chi connectivity index (χ3v) is 5.67. The summed E-state index contributed by atoms with van der Waals surface area (Å²) in [4.78, 5) is 38.4. The van der Waals surface area contributed by atoms with Crippen LogP contribution in [0.2, 0.25) is 0 Å². The van der Waals surface area contributed by atoms with Crippen molar-refractivity contribution in [2.45, 2.75) is 24.6 Å². The van der Waals surface area contributed by atoms with Gasteiger partial charge in [0, 0.05) is 5.88 Å². The summed E-state index contributed by atoms with van der Waals surface area (Å²) in [7, 11) is 0. The van der Waals surface area contributed by atoms with Gasteiger partial charge < -0.3 is 23.7 Å². The Morgan fingerprint density at radius 2 is 1.14 bits per heavy atom. The van der Waals surface area contributed by atoms with Crippen molar-refractivity contribution < 1.29 is 38.1 Å². The summed E-state index contributed by atoms with van der Waals surface area (Å²) in [5.41, 5.74) is 0.937. The van der Waals surface area contributed by atoms with Gasteiger partial charge in [0.1, 0.15) is 12.7 Å². The van der Waals surface area contributed by atoms with Gasteiger partial charge in [-0.25, -0.2) is 14.4 Å². The first-order chi connectivity index (χ1) is 18.1. The van der Waals surface area contributed by atoms with Gasteiger partial charge >= 0.3 is 17.9 Å². The third-order valence-electron chi connectivity index (χ3n) is 5.52. The lowest BCUT2D eigenvalue weighted by Crippen LogP contribution is -2.42. The van der Waals surface area contributed by atoms with Crippen LogP contribution in [0, 0.1) is 0 Å². The van der Waals surface area contributed by atoms with Crippen LogP contribution in [0.4, 0.5) is 0 Å². The molecule has 0 bridgehead atoms. The van der Waals surface area contributed by atoms with Gasteiger partial charge in [0.15, 0.2) is 18.5 Å². The number of carbonyl (C=O) groups excluding carboxylic acids is 3. The van der Waals surface area contributed by atoms with E-state index in [2.05, 4.69) is 0 Å². The molecule has 1 saturated heterocycles. The van der Waals surface area contributed by atoms with Gasteiger partial charge in [0.25, 0.3) is 0 Å². The predicted molar refractivity (Wildman–Crippen MR) is 133 cm³/mol. The molecule has 0 aromatic heterocycles. The zero-order chi connectivity index (χ0) is 26.0. The second-order valence-electron chi connectivity index (χ2n) is 8.04. The van der Waals surface area contributed by atoms with Crippen molar-refractivity contribution >= 4 is 29.5 Å². The summed E-state index contributed by atoms with van der Waals surface area (Å²) in [5, 5.41) is 0. The number of benzene rings is 3. The average molecular weight is 525 g/mol. The van der Waals surface area contributed by atoms with E-state index < -0.39 is 42.5 Å². The number of halogens is 1.